The molecule has 0 saturated carbocycles. The van der Waals surface area contributed by atoms with Crippen LogP contribution in [0.5, 0.6) is 0 Å². The first-order chi connectivity index (χ1) is 12.4. The van der Waals surface area contributed by atoms with Gasteiger partial charge in [0.05, 0.1) is 12.1 Å². The van der Waals surface area contributed by atoms with E-state index < -0.39 is 12.1 Å². The Labute approximate surface area is 150 Å². The molecule has 8 heteroatoms. The Morgan fingerprint density at radius 1 is 1.35 bits per heavy atom. The third-order valence-electron chi connectivity index (χ3n) is 3.65. The monoisotopic (exact) mass is 359 g/mol. The number of unbranched alkanes of at least 4 members (excludes halogenated alkanes) is 2. The van der Waals surface area contributed by atoms with Crippen molar-refractivity contribution >= 4 is 34.4 Å². The molecule has 0 radical (unpaired) electrons. The first kappa shape index (κ1) is 19.2. The van der Waals surface area contributed by atoms with E-state index in [-0.39, 0.29) is 18.0 Å². The van der Waals surface area contributed by atoms with Crippen LogP contribution >= 0.6 is 0 Å². The van der Waals surface area contributed by atoms with E-state index in [2.05, 4.69) is 17.0 Å². The minimum absolute atomic E-state index is 0.192. The van der Waals surface area contributed by atoms with Crippen molar-refractivity contribution in [2.75, 3.05) is 11.9 Å². The van der Waals surface area contributed by atoms with Crippen LogP contribution < -0.4 is 5.32 Å². The highest BCUT2D eigenvalue weighted by molar-refractivity contribution is 6.06. The zero-order chi connectivity index (χ0) is 19.1. The van der Waals surface area contributed by atoms with Crippen LogP contribution in [0.2, 0.25) is 0 Å². The third-order valence-corrected chi connectivity index (χ3v) is 3.65. The number of nitrogens with one attached hydrogen (secondary N) is 1. The molecule has 2 rings (SSSR count). The number of nitrogens with zero attached hydrogens (tertiary/aromatic N) is 2. The SMILES string of the molecule is C=CCCCCOC(=O)Nc1ccc2c(C(C)=O)nn(CC(=O)O)c2c1. The van der Waals surface area contributed by atoms with Gasteiger partial charge in [-0.05, 0) is 37.5 Å². The molecular formula is C18H21N3O5. The number of aliphatic carboxylic acids is 1. The van der Waals surface area contributed by atoms with Crippen molar-refractivity contribution in [2.45, 2.75) is 32.7 Å². The summed E-state index contributed by atoms with van der Waals surface area (Å²) in [5.74, 6) is -1.35. The highest BCUT2D eigenvalue weighted by Crippen LogP contribution is 2.23. The molecule has 1 amide bonds. The number of carbonyl (C=O) groups is 3. The molecule has 1 aromatic heterocycles. The van der Waals surface area contributed by atoms with E-state index in [9.17, 15) is 14.4 Å². The summed E-state index contributed by atoms with van der Waals surface area (Å²) in [6, 6.07) is 4.80. The van der Waals surface area contributed by atoms with Gasteiger partial charge in [-0.15, -0.1) is 6.58 Å². The molecule has 0 aliphatic carbocycles. The number of carbonyl (C=O) groups excluding carboxylic acids is 2. The van der Waals surface area contributed by atoms with Crippen molar-refractivity contribution in [1.29, 1.82) is 0 Å². The lowest BCUT2D eigenvalue weighted by Gasteiger charge is -2.07. The molecule has 8 nitrogen and oxygen atoms in total. The largest absolute Gasteiger partial charge is 0.480 e. The second-order valence-corrected chi connectivity index (χ2v) is 5.73. The molecule has 1 aromatic carbocycles. The summed E-state index contributed by atoms with van der Waals surface area (Å²) in [5, 5.41) is 16.2. The van der Waals surface area contributed by atoms with Crippen LogP contribution in [0.25, 0.3) is 10.9 Å². The van der Waals surface area contributed by atoms with Crippen LogP contribution in [-0.2, 0) is 16.1 Å². The number of hydrogen-bond donors (Lipinski definition) is 2. The number of hydrogen-bond acceptors (Lipinski definition) is 5. The van der Waals surface area contributed by atoms with Gasteiger partial charge in [-0.3, -0.25) is 19.6 Å². The molecule has 0 unspecified atom stereocenters. The van der Waals surface area contributed by atoms with Crippen LogP contribution in [0.4, 0.5) is 10.5 Å². The number of amides is 1. The van der Waals surface area contributed by atoms with Crippen molar-refractivity contribution in [1.82, 2.24) is 9.78 Å². The van der Waals surface area contributed by atoms with Gasteiger partial charge in [0.1, 0.15) is 12.2 Å². The summed E-state index contributed by atoms with van der Waals surface area (Å²) >= 11 is 0. The van der Waals surface area contributed by atoms with Crippen LogP contribution in [-0.4, -0.2) is 39.3 Å². The minimum Gasteiger partial charge on any atom is -0.480 e. The van der Waals surface area contributed by atoms with Crippen molar-refractivity contribution in [3.63, 3.8) is 0 Å². The molecule has 1 heterocycles. The highest BCUT2D eigenvalue weighted by Gasteiger charge is 2.16. The molecule has 2 aromatic rings. The molecular weight excluding hydrogens is 338 g/mol. The molecule has 0 aliphatic heterocycles. The number of anilines is 1. The summed E-state index contributed by atoms with van der Waals surface area (Å²) in [5.41, 5.74) is 1.06. The Morgan fingerprint density at radius 2 is 2.12 bits per heavy atom. The fourth-order valence-electron chi connectivity index (χ4n) is 2.47. The molecule has 2 N–H and O–H groups in total. The molecule has 0 atom stereocenters. The first-order valence-electron chi connectivity index (χ1n) is 8.20. The van der Waals surface area contributed by atoms with Crippen molar-refractivity contribution < 1.29 is 24.2 Å². The highest BCUT2D eigenvalue weighted by atomic mass is 16.5. The Bertz CT molecular complexity index is 841. The zero-order valence-electron chi connectivity index (χ0n) is 14.5. The van der Waals surface area contributed by atoms with Gasteiger partial charge in [0.25, 0.3) is 0 Å². The number of aromatic nitrogens is 2. The zero-order valence-corrected chi connectivity index (χ0v) is 14.5. The van der Waals surface area contributed by atoms with E-state index in [0.717, 1.165) is 19.3 Å². The van der Waals surface area contributed by atoms with E-state index in [1.54, 1.807) is 18.2 Å². The normalized spacial score (nSPS) is 10.5. The van der Waals surface area contributed by atoms with E-state index in [4.69, 9.17) is 9.84 Å². The van der Waals surface area contributed by atoms with Crippen molar-refractivity contribution in [2.24, 2.45) is 0 Å². The number of rotatable bonds is 9. The second-order valence-electron chi connectivity index (χ2n) is 5.73. The van der Waals surface area contributed by atoms with E-state index >= 15 is 0 Å². The number of carboxylic acid groups (broad SMARTS) is 1. The van der Waals surface area contributed by atoms with Gasteiger partial charge < -0.3 is 9.84 Å². The number of fused-ring (bicyclic) bond motifs is 1. The summed E-state index contributed by atoms with van der Waals surface area (Å²) in [4.78, 5) is 34.5. The predicted molar refractivity (Wildman–Crippen MR) is 96.4 cm³/mol. The van der Waals surface area contributed by atoms with Crippen molar-refractivity contribution in [3.8, 4) is 0 Å². The van der Waals surface area contributed by atoms with Crippen molar-refractivity contribution in [3.05, 3.63) is 36.5 Å². The maximum absolute atomic E-state index is 11.8. The smallest absolute Gasteiger partial charge is 0.411 e. The van der Waals surface area contributed by atoms with Crippen LogP contribution in [0, 0.1) is 0 Å². The molecule has 138 valence electrons. The Kier molecular flexibility index (Phi) is 6.48. The van der Waals surface area contributed by atoms with Gasteiger partial charge >= 0.3 is 12.1 Å². The molecule has 0 fully saturated rings. The molecule has 0 spiro atoms. The summed E-state index contributed by atoms with van der Waals surface area (Å²) in [6.07, 6.45) is 3.72. The molecule has 0 aliphatic rings. The molecule has 0 saturated heterocycles. The second kappa shape index (κ2) is 8.80. The van der Waals surface area contributed by atoms with Gasteiger partial charge in [0, 0.05) is 18.0 Å². The Hall–Kier alpha value is -3.16. The number of benzene rings is 1. The predicted octanol–water partition coefficient (Wildman–Crippen LogP) is 3.23. The Morgan fingerprint density at radius 3 is 2.77 bits per heavy atom. The number of carboxylic acids is 1. The van der Waals surface area contributed by atoms with Gasteiger partial charge in [0.15, 0.2) is 5.78 Å². The molecule has 0 bridgehead atoms. The average molecular weight is 359 g/mol. The fraction of sp³-hybridized carbons (Fsp3) is 0.333. The van der Waals surface area contributed by atoms with Gasteiger partial charge in [-0.2, -0.15) is 5.10 Å². The topological polar surface area (TPSA) is 111 Å². The first-order valence-corrected chi connectivity index (χ1v) is 8.20. The minimum atomic E-state index is -1.08. The maximum Gasteiger partial charge on any atom is 0.411 e. The lowest BCUT2D eigenvalue weighted by Crippen LogP contribution is -2.14. The summed E-state index contributed by atoms with van der Waals surface area (Å²) < 4.78 is 6.31. The Balaban J connectivity index is 2.14. The van der Waals surface area contributed by atoms with Crippen LogP contribution in [0.1, 0.15) is 36.7 Å². The third kappa shape index (κ3) is 4.92. The standard InChI is InChI=1S/C18H21N3O5/c1-3-4-5-6-9-26-18(25)19-13-7-8-14-15(10-13)21(11-16(23)24)20-17(14)12(2)22/h3,7-8,10H,1,4-6,9,11H2,2H3,(H,19,25)(H,23,24). The summed E-state index contributed by atoms with van der Waals surface area (Å²) in [6.45, 7) is 4.90. The average Bonchev–Trinajstić information content (AvgIpc) is 2.92. The van der Waals surface area contributed by atoms with Gasteiger partial charge in [-0.1, -0.05) is 6.08 Å². The summed E-state index contributed by atoms with van der Waals surface area (Å²) in [7, 11) is 0. The van der Waals surface area contributed by atoms with Gasteiger partial charge in [0.2, 0.25) is 0 Å². The lowest BCUT2D eigenvalue weighted by molar-refractivity contribution is -0.137. The van der Waals surface area contributed by atoms with E-state index in [1.165, 1.54) is 11.6 Å². The number of ketones is 1. The van der Waals surface area contributed by atoms with Gasteiger partial charge in [-0.25, -0.2) is 4.79 Å². The number of ether oxygens (including phenoxy) is 1. The van der Waals surface area contributed by atoms with Crippen LogP contribution in [0.3, 0.4) is 0 Å². The lowest BCUT2D eigenvalue weighted by atomic mass is 10.1. The van der Waals surface area contributed by atoms with E-state index in [1.807, 2.05) is 6.08 Å². The maximum atomic E-state index is 11.8. The number of Topliss-reactive ketones (excluding diaryl/α,β-unsaturated/α-hetero) is 1. The fourth-order valence-corrected chi connectivity index (χ4v) is 2.47. The molecule has 26 heavy (non-hydrogen) atoms. The quantitative estimate of drug-likeness (QED) is 0.404. The van der Waals surface area contributed by atoms with E-state index in [0.29, 0.717) is 23.2 Å². The van der Waals surface area contributed by atoms with Crippen LogP contribution in [0.15, 0.2) is 30.9 Å². The number of allylic oxidation sites excluding steroid dienone is 1.